The van der Waals surface area contributed by atoms with Crippen molar-refractivity contribution in [3.05, 3.63) is 320 Å². The maximum Gasteiger partial charge on any atom is 0.372 e. The minimum absolute atomic E-state index is 0. The van der Waals surface area contributed by atoms with Crippen LogP contribution in [0.25, 0.3) is 0 Å². The molecule has 2 saturated heterocycles. The summed E-state index contributed by atoms with van der Waals surface area (Å²) in [4.78, 5) is 65.9. The lowest BCUT2D eigenvalue weighted by molar-refractivity contribution is -0.952. The number of methoxy groups -OCH3 is 1. The molecule has 139 heavy (non-hydrogen) atoms. The van der Waals surface area contributed by atoms with Crippen molar-refractivity contribution < 1.29 is 119 Å². The van der Waals surface area contributed by atoms with Crippen LogP contribution in [0.5, 0.6) is 5.75 Å². The number of allylic oxidation sites excluding steroid dienone is 1. The molecule has 0 aliphatic carbocycles. The van der Waals surface area contributed by atoms with Crippen molar-refractivity contribution in [3.8, 4) is 5.75 Å². The number of nitrogens with two attached hydrogens (primary N) is 5. The van der Waals surface area contributed by atoms with E-state index in [4.69, 9.17) is 46.1 Å². The number of unbranched alkanes of at least 4 members (excludes halogenated alkanes) is 11. The topological polar surface area (TPSA) is 336 Å². The molecule has 12 rings (SSSR count). The molecule has 5 aromatic heterocycles. The number of aryl methyl sites for hydroxylation is 7. The van der Waals surface area contributed by atoms with Crippen LogP contribution in [0.1, 0.15) is 185 Å². The summed E-state index contributed by atoms with van der Waals surface area (Å²) >= 11 is 0. The molecule has 0 radical (unpaired) electrons. The monoisotopic (exact) mass is 2010 g/mol. The number of quaternary nitrogens is 2. The molecule has 29 heteroatoms. The summed E-state index contributed by atoms with van der Waals surface area (Å²) in [7, 11) is 1.34. The van der Waals surface area contributed by atoms with E-state index in [1.165, 1.54) is 119 Å². The van der Waals surface area contributed by atoms with Crippen molar-refractivity contribution in [1.29, 1.82) is 0 Å². The van der Waals surface area contributed by atoms with Gasteiger partial charge in [0.2, 0.25) is 30.8 Å². The zero-order valence-corrected chi connectivity index (χ0v) is 85.3. The van der Waals surface area contributed by atoms with Gasteiger partial charge in [0, 0.05) is 126 Å². The van der Waals surface area contributed by atoms with Crippen LogP contribution in [-0.4, -0.2) is 138 Å². The van der Waals surface area contributed by atoms with E-state index in [0.717, 1.165) is 129 Å². The molecular formula is C110H168BrClN15O12+5. The van der Waals surface area contributed by atoms with Gasteiger partial charge in [-0.1, -0.05) is 238 Å². The summed E-state index contributed by atoms with van der Waals surface area (Å²) in [6.07, 6.45) is 36.7. The normalized spacial score (nSPS) is 11.9. The fraction of sp³-hybridized carbons (Fsp3) is 0.436. The zero-order valence-electron chi connectivity index (χ0n) is 82.9. The predicted molar refractivity (Wildman–Crippen MR) is 549 cm³/mol. The van der Waals surface area contributed by atoms with Crippen LogP contribution in [0.4, 0.5) is 17.1 Å². The SMILES string of the molecule is C.C.C=C(C[n+]1ccc(NC(C)=O)cc1)OOCCCCOC(=O)CC[n+]1ccc(NC(C)=O)cc1.CCCCCCCCCCCCOc1ccc(CN)cc1.CCc1ccccc1.COC(=O)C[n+]1ccc(NC(C)=O)cc1.Cc1cc[n+](Cc2ccccc2)cc1.Cc1cccc[n+]1CCc1ccccc1.Cc1ccccc1.NCN.N[N+]1(CCCC[N+]2(N)CCOCC2)CCOCC1.[Br-].[Cl-]. The molecule has 5 aromatic carbocycles. The Morgan fingerprint density at radius 1 is 0.432 bits per heavy atom. The Hall–Kier alpha value is -11.1. The first-order valence-corrected chi connectivity index (χ1v) is 47.7. The molecule has 2 fully saturated rings. The number of rotatable bonds is 41. The number of halogens is 2. The van der Waals surface area contributed by atoms with E-state index in [1.54, 1.807) is 78.1 Å². The molecule has 10 aromatic rings. The molecule has 0 atom stereocenters. The fourth-order valence-corrected chi connectivity index (χ4v) is 13.5. The fourth-order valence-electron chi connectivity index (χ4n) is 13.5. The first kappa shape index (κ1) is 128. The third kappa shape index (κ3) is 65.5. The summed E-state index contributed by atoms with van der Waals surface area (Å²) in [5.74, 6) is 13.1. The van der Waals surface area contributed by atoms with E-state index < -0.39 is 0 Å². The maximum atomic E-state index is 11.9. The number of carbonyl (C=O) groups is 5. The Balaban J connectivity index is 0.00000161. The number of hydrogen-bond donors (Lipinski definition) is 8. The summed E-state index contributed by atoms with van der Waals surface area (Å²) < 4.78 is 37.4. The minimum atomic E-state index is -0.313. The van der Waals surface area contributed by atoms with Gasteiger partial charge in [0.05, 0.1) is 83.5 Å². The van der Waals surface area contributed by atoms with Crippen molar-refractivity contribution in [2.75, 3.05) is 115 Å². The van der Waals surface area contributed by atoms with Crippen LogP contribution in [0.2, 0.25) is 0 Å². The van der Waals surface area contributed by atoms with Crippen molar-refractivity contribution in [3.63, 3.8) is 0 Å². The predicted octanol–water partition coefficient (Wildman–Crippen LogP) is 10.1. The number of morpholine rings is 2. The van der Waals surface area contributed by atoms with Crippen molar-refractivity contribution >= 4 is 46.7 Å². The molecule has 0 saturated carbocycles. The van der Waals surface area contributed by atoms with Crippen LogP contribution in [-0.2, 0) is 105 Å². The number of ether oxygens (including phenoxy) is 5. The van der Waals surface area contributed by atoms with Crippen LogP contribution in [0, 0.1) is 20.8 Å². The Morgan fingerprint density at radius 2 is 0.835 bits per heavy atom. The van der Waals surface area contributed by atoms with Gasteiger partial charge in [-0.05, 0) is 73.9 Å². The van der Waals surface area contributed by atoms with E-state index in [0.29, 0.717) is 77.7 Å². The summed E-state index contributed by atoms with van der Waals surface area (Å²) in [5.41, 5.74) is 26.2. The number of amides is 3. The number of hydrogen-bond acceptors (Lipinski definition) is 17. The summed E-state index contributed by atoms with van der Waals surface area (Å²) in [6, 6.07) is 71.0. The standard InChI is InChI=1S/C24H30N4O6.C19H33NO.C14H16N.C13H14N.C12H28N4O2.C10H12N2O3.C8H10.C7H8.CH6N2.2CH4.BrH.ClH/c1-19(18-28-13-8-23(9-14-28)26-21(3)30)34-33-17-5-4-16-32-24(31)10-15-27-11-6-22(7-12-27)25-20(2)29;1-2-3-4-5-6-7-8-9-10-11-16-21-19-14-12-18(17-20)13-15-19;1-13-7-5-6-11-15(13)12-10-14-8-3-2-4-9-14;1-12-7-9-14(10-8-12)11-13-5-3-2-4-6-13;13-15(5-9-17-10-6-15)3-1-2-4-16(14)7-11-18-12-8-16;1-8(13)11-9-3-5-12(6-4-9)7-10(14)15-2;1-2-8-6-4-3-5-7-8;1-7-5-3-2-4-6-7;2-1-3;;;;/h6-9,11-14H,1,4-5,10,15-18H2,2-3H3;12-15H,2-11,16-17,20H2,1H3;2-9,11H,10,12H2,1H3;2-10H,11H2,1H3;1-14H2;3-6H,7H2,1-2H3;3-7H,2H2,1H3;2-6H,1H3;1-3H2;2*1H4;2*1H/q;;2*+1;+2;;;;;;;;/p+1. The zero-order chi connectivity index (χ0) is 98.0. The molecule has 2 aliphatic heterocycles. The maximum absolute atomic E-state index is 11.9. The quantitative estimate of drug-likeness (QED) is 0.00203. The van der Waals surface area contributed by atoms with Gasteiger partial charge in [0.1, 0.15) is 38.3 Å². The highest BCUT2D eigenvalue weighted by atomic mass is 79.9. The molecular weight excluding hydrogens is 1840 g/mol. The molecule has 0 bridgehead atoms. The second-order valence-corrected chi connectivity index (χ2v) is 33.2. The number of aromatic nitrogens is 5. The third-order valence-electron chi connectivity index (χ3n) is 21.4. The Labute approximate surface area is 848 Å². The number of benzene rings is 5. The molecule has 764 valence electrons. The van der Waals surface area contributed by atoms with Crippen LogP contribution in [0.3, 0.4) is 0 Å². The number of nitrogens with one attached hydrogen (secondary N) is 3. The lowest BCUT2D eigenvalue weighted by atomic mass is 10.1. The number of pyridine rings is 5. The first-order valence-electron chi connectivity index (χ1n) is 47.7. The van der Waals surface area contributed by atoms with E-state index in [-0.39, 0.29) is 93.5 Å². The van der Waals surface area contributed by atoms with E-state index in [9.17, 15) is 24.0 Å². The van der Waals surface area contributed by atoms with E-state index in [2.05, 4.69) is 222 Å². The molecule has 2 aliphatic rings. The number of anilines is 3. The van der Waals surface area contributed by atoms with E-state index >= 15 is 0 Å². The van der Waals surface area contributed by atoms with Gasteiger partial charge in [0.25, 0.3) is 0 Å². The summed E-state index contributed by atoms with van der Waals surface area (Å²) in [6.45, 7) is 33.4. The second-order valence-electron chi connectivity index (χ2n) is 33.2. The van der Waals surface area contributed by atoms with Crippen molar-refractivity contribution in [2.24, 2.45) is 28.9 Å². The van der Waals surface area contributed by atoms with Gasteiger partial charge in [-0.2, -0.15) is 25.7 Å². The van der Waals surface area contributed by atoms with Crippen molar-refractivity contribution in [1.82, 2.24) is 0 Å². The van der Waals surface area contributed by atoms with Crippen LogP contribution >= 0.6 is 0 Å². The van der Waals surface area contributed by atoms with Gasteiger partial charge in [-0.25, -0.2) is 27.7 Å². The second kappa shape index (κ2) is 80.7. The molecule has 0 unspecified atom stereocenters. The van der Waals surface area contributed by atoms with E-state index in [1.807, 2.05) is 63.7 Å². The Bertz CT molecular complexity index is 4730. The highest BCUT2D eigenvalue weighted by Crippen LogP contribution is 2.17. The molecule has 0 spiro atoms. The number of nitrogens with zero attached hydrogens (tertiary/aromatic N) is 7. The van der Waals surface area contributed by atoms with Gasteiger partial charge in [-0.3, -0.25) is 19.2 Å². The lowest BCUT2D eigenvalue weighted by Gasteiger charge is -2.37. The highest BCUT2D eigenvalue weighted by molar-refractivity contribution is 5.89. The molecule has 7 heterocycles. The van der Waals surface area contributed by atoms with Gasteiger partial charge < -0.3 is 91.1 Å². The molecule has 13 N–H and O–H groups in total. The number of carbonyl (C=O) groups excluding carboxylic acids is 5. The largest absolute Gasteiger partial charge is 1.00 e. The Kier molecular flexibility index (Phi) is 74.2. The Morgan fingerprint density at radius 3 is 1.26 bits per heavy atom. The highest BCUT2D eigenvalue weighted by Gasteiger charge is 2.29. The lowest BCUT2D eigenvalue weighted by Crippen LogP contribution is -3.00. The first-order chi connectivity index (χ1) is 65.4. The summed E-state index contributed by atoms with van der Waals surface area (Å²) in [5, 5.41) is 8.02. The third-order valence-corrected chi connectivity index (χ3v) is 21.4. The van der Waals surface area contributed by atoms with Crippen LogP contribution in [0.15, 0.2) is 280 Å². The average Bonchev–Trinajstić information content (AvgIpc) is 0.863. The van der Waals surface area contributed by atoms with Crippen molar-refractivity contribution in [2.45, 2.75) is 219 Å². The minimum Gasteiger partial charge on any atom is -1.00 e. The van der Waals surface area contributed by atoms with Gasteiger partial charge >= 0.3 is 11.9 Å². The van der Waals surface area contributed by atoms with Gasteiger partial charge in [-0.15, -0.1) is 0 Å². The molecule has 27 nitrogen and oxygen atoms in total. The van der Waals surface area contributed by atoms with Gasteiger partial charge in [0.15, 0.2) is 86.9 Å². The van der Waals surface area contributed by atoms with Crippen LogP contribution < -0.4 is 102 Å². The molecule has 3 amide bonds. The average molecular weight is 2010 g/mol. The smallest absolute Gasteiger partial charge is 0.372 e. The number of esters is 2.